The highest BCUT2D eigenvalue weighted by Crippen LogP contribution is 2.16. The minimum absolute atomic E-state index is 0.0505. The lowest BCUT2D eigenvalue weighted by atomic mass is 10.2. The maximum Gasteiger partial charge on any atom is 0.323 e. The molecule has 0 bridgehead atoms. The summed E-state index contributed by atoms with van der Waals surface area (Å²) in [5, 5.41) is 12.2. The zero-order valence-electron chi connectivity index (χ0n) is 15.6. The van der Waals surface area contributed by atoms with Crippen LogP contribution in [0.1, 0.15) is 11.1 Å². The Morgan fingerprint density at radius 1 is 0.933 bits per heavy atom. The molecule has 3 aromatic rings. The van der Waals surface area contributed by atoms with Gasteiger partial charge in [-0.15, -0.1) is 0 Å². The minimum atomic E-state index is -1.57. The SMILES string of the molecule is N=C(F)c1cccc(NC(=O)Nc2cccc(S(=O)NCc3cccc(F)c3)c2)c1. The van der Waals surface area contributed by atoms with E-state index in [2.05, 4.69) is 15.4 Å². The zero-order chi connectivity index (χ0) is 21.5. The fraction of sp³-hybridized carbons (Fsp3) is 0.0476. The predicted molar refractivity (Wildman–Crippen MR) is 113 cm³/mol. The standard InChI is InChI=1S/C21H18F2N4O2S/c22-16-6-1-4-14(10-16)13-25-30(29)19-9-3-8-18(12-19)27-21(28)26-17-7-2-5-15(11-17)20(23)24/h1-12,24-25H,13H2,(H2,26,27,28). The predicted octanol–water partition coefficient (Wildman–Crippen LogP) is 4.58. The molecule has 9 heteroatoms. The van der Waals surface area contributed by atoms with Gasteiger partial charge in [0.15, 0.2) is 0 Å². The van der Waals surface area contributed by atoms with Crippen molar-refractivity contribution in [2.75, 3.05) is 10.6 Å². The molecule has 0 saturated carbocycles. The van der Waals surface area contributed by atoms with E-state index in [1.807, 2.05) is 0 Å². The molecule has 1 atom stereocenters. The Morgan fingerprint density at radius 3 is 2.30 bits per heavy atom. The molecule has 0 fully saturated rings. The van der Waals surface area contributed by atoms with Gasteiger partial charge in [-0.05, 0) is 48.0 Å². The third-order valence-electron chi connectivity index (χ3n) is 3.98. The molecule has 0 aromatic heterocycles. The maximum absolute atomic E-state index is 13.2. The lowest BCUT2D eigenvalue weighted by molar-refractivity contribution is 0.262. The van der Waals surface area contributed by atoms with Crippen LogP contribution in [0.5, 0.6) is 0 Å². The lowest BCUT2D eigenvalue weighted by Crippen LogP contribution is -2.20. The van der Waals surface area contributed by atoms with Crippen molar-refractivity contribution < 1.29 is 17.8 Å². The zero-order valence-corrected chi connectivity index (χ0v) is 16.4. The number of hydrogen-bond donors (Lipinski definition) is 4. The van der Waals surface area contributed by atoms with E-state index in [-0.39, 0.29) is 17.9 Å². The van der Waals surface area contributed by atoms with Crippen LogP contribution >= 0.6 is 0 Å². The number of rotatable bonds is 7. The molecule has 3 rings (SSSR count). The Kier molecular flexibility index (Phi) is 6.99. The van der Waals surface area contributed by atoms with Gasteiger partial charge >= 0.3 is 6.03 Å². The first-order valence-electron chi connectivity index (χ1n) is 8.83. The van der Waals surface area contributed by atoms with E-state index in [1.165, 1.54) is 30.3 Å². The summed E-state index contributed by atoms with van der Waals surface area (Å²) >= 11 is 0. The first-order valence-corrected chi connectivity index (χ1v) is 9.98. The molecule has 0 heterocycles. The van der Waals surface area contributed by atoms with E-state index in [9.17, 15) is 17.8 Å². The Bertz CT molecular complexity index is 1110. The van der Waals surface area contributed by atoms with E-state index in [0.717, 1.165) is 0 Å². The highest BCUT2D eigenvalue weighted by molar-refractivity contribution is 7.83. The fourth-order valence-corrected chi connectivity index (χ4v) is 3.50. The number of nitrogens with one attached hydrogen (secondary N) is 4. The molecule has 0 aliphatic heterocycles. The summed E-state index contributed by atoms with van der Waals surface area (Å²) in [5.41, 5.74) is 1.43. The summed E-state index contributed by atoms with van der Waals surface area (Å²) in [7, 11) is -1.57. The van der Waals surface area contributed by atoms with Gasteiger partial charge in [-0.1, -0.05) is 30.3 Å². The number of amides is 2. The second-order valence-corrected chi connectivity index (χ2v) is 7.52. The van der Waals surface area contributed by atoms with Crippen LogP contribution in [0.25, 0.3) is 0 Å². The Balaban J connectivity index is 1.60. The van der Waals surface area contributed by atoms with E-state index < -0.39 is 23.0 Å². The summed E-state index contributed by atoms with van der Waals surface area (Å²) in [5.74, 6) is -1.47. The van der Waals surface area contributed by atoms with E-state index in [4.69, 9.17) is 5.41 Å². The Labute approximate surface area is 174 Å². The molecule has 0 spiro atoms. The van der Waals surface area contributed by atoms with Crippen LogP contribution in [-0.4, -0.2) is 16.2 Å². The van der Waals surface area contributed by atoms with Gasteiger partial charge in [0.05, 0.1) is 4.90 Å². The van der Waals surface area contributed by atoms with E-state index in [1.54, 1.807) is 42.5 Å². The molecule has 3 aromatic carbocycles. The summed E-state index contributed by atoms with van der Waals surface area (Å²) in [6, 6.07) is 17.7. The second-order valence-electron chi connectivity index (χ2n) is 6.22. The minimum Gasteiger partial charge on any atom is -0.308 e. The fourth-order valence-electron chi connectivity index (χ4n) is 2.60. The van der Waals surface area contributed by atoms with Crippen molar-refractivity contribution in [3.63, 3.8) is 0 Å². The third kappa shape index (κ3) is 6.03. The van der Waals surface area contributed by atoms with Crippen molar-refractivity contribution in [1.82, 2.24) is 4.72 Å². The van der Waals surface area contributed by atoms with Crippen molar-refractivity contribution in [1.29, 1.82) is 5.41 Å². The van der Waals surface area contributed by atoms with Crippen molar-refractivity contribution >= 4 is 34.4 Å². The molecule has 0 saturated heterocycles. The summed E-state index contributed by atoms with van der Waals surface area (Å²) in [4.78, 5) is 12.6. The number of carbonyl (C=O) groups excluding carboxylic acids is 1. The van der Waals surface area contributed by atoms with Gasteiger partial charge < -0.3 is 10.6 Å². The van der Waals surface area contributed by atoms with Gasteiger partial charge in [-0.2, -0.15) is 4.39 Å². The van der Waals surface area contributed by atoms with Gasteiger partial charge in [-0.3, -0.25) is 5.41 Å². The topological polar surface area (TPSA) is 94.1 Å². The van der Waals surface area contributed by atoms with Gasteiger partial charge in [0, 0.05) is 23.5 Å². The quantitative estimate of drug-likeness (QED) is 0.415. The largest absolute Gasteiger partial charge is 0.323 e. The average molecular weight is 428 g/mol. The molecule has 0 aliphatic rings. The Hall–Kier alpha value is -3.43. The number of carbonyl (C=O) groups is 1. The monoisotopic (exact) mass is 428 g/mol. The lowest BCUT2D eigenvalue weighted by Gasteiger charge is -2.10. The van der Waals surface area contributed by atoms with Crippen LogP contribution in [0, 0.1) is 11.2 Å². The van der Waals surface area contributed by atoms with Gasteiger partial charge in [0.1, 0.15) is 16.8 Å². The third-order valence-corrected chi connectivity index (χ3v) is 5.06. The van der Waals surface area contributed by atoms with Crippen LogP contribution in [0.4, 0.5) is 25.0 Å². The van der Waals surface area contributed by atoms with Crippen molar-refractivity contribution in [3.8, 4) is 0 Å². The first kappa shape index (κ1) is 21.3. The second kappa shape index (κ2) is 9.86. The Morgan fingerprint density at radius 2 is 1.60 bits per heavy atom. The molecule has 30 heavy (non-hydrogen) atoms. The van der Waals surface area contributed by atoms with Gasteiger partial charge in [-0.25, -0.2) is 18.1 Å². The number of hydrogen-bond acceptors (Lipinski definition) is 3. The van der Waals surface area contributed by atoms with Crippen molar-refractivity contribution in [3.05, 3.63) is 89.7 Å². The maximum atomic E-state index is 13.2. The average Bonchev–Trinajstić information content (AvgIpc) is 2.72. The highest BCUT2D eigenvalue weighted by atomic mass is 32.2. The van der Waals surface area contributed by atoms with Crippen molar-refractivity contribution in [2.24, 2.45) is 0 Å². The molecule has 154 valence electrons. The van der Waals surface area contributed by atoms with Crippen LogP contribution in [0.2, 0.25) is 0 Å². The van der Waals surface area contributed by atoms with E-state index >= 15 is 0 Å². The molecular formula is C21H18F2N4O2S. The number of anilines is 2. The van der Waals surface area contributed by atoms with E-state index in [0.29, 0.717) is 21.8 Å². The first-order chi connectivity index (χ1) is 14.4. The van der Waals surface area contributed by atoms with Crippen LogP contribution in [-0.2, 0) is 17.5 Å². The smallest absolute Gasteiger partial charge is 0.308 e. The molecule has 0 aliphatic carbocycles. The number of urea groups is 1. The number of benzene rings is 3. The molecule has 2 amide bonds. The normalized spacial score (nSPS) is 11.5. The molecule has 0 radical (unpaired) electrons. The van der Waals surface area contributed by atoms with Gasteiger partial charge in [0.2, 0.25) is 5.97 Å². The summed E-state index contributed by atoms with van der Waals surface area (Å²) < 4.78 is 41.5. The van der Waals surface area contributed by atoms with Crippen LogP contribution in [0.15, 0.2) is 77.7 Å². The molecule has 1 unspecified atom stereocenters. The molecule has 4 N–H and O–H groups in total. The summed E-state index contributed by atoms with van der Waals surface area (Å²) in [6.07, 6.45) is 0. The van der Waals surface area contributed by atoms with Crippen molar-refractivity contribution in [2.45, 2.75) is 11.4 Å². The number of halogens is 2. The molecule has 6 nitrogen and oxygen atoms in total. The van der Waals surface area contributed by atoms with Crippen LogP contribution < -0.4 is 15.4 Å². The highest BCUT2D eigenvalue weighted by Gasteiger charge is 2.08. The van der Waals surface area contributed by atoms with Gasteiger partial charge in [0.25, 0.3) is 0 Å². The summed E-state index contributed by atoms with van der Waals surface area (Å²) in [6.45, 7) is 0.211. The molecular weight excluding hydrogens is 410 g/mol. The van der Waals surface area contributed by atoms with Crippen LogP contribution in [0.3, 0.4) is 0 Å².